The van der Waals surface area contributed by atoms with Crippen LogP contribution in [0.2, 0.25) is 0 Å². The van der Waals surface area contributed by atoms with E-state index in [-0.39, 0.29) is 23.4 Å². The van der Waals surface area contributed by atoms with Crippen molar-refractivity contribution in [1.29, 1.82) is 0 Å². The summed E-state index contributed by atoms with van der Waals surface area (Å²) < 4.78 is 9.18. The van der Waals surface area contributed by atoms with Gasteiger partial charge < -0.3 is 14.6 Å². The van der Waals surface area contributed by atoms with E-state index in [1.807, 2.05) is 19.1 Å². The van der Waals surface area contributed by atoms with Crippen molar-refractivity contribution in [3.8, 4) is 5.75 Å². The third-order valence-electron chi connectivity index (χ3n) is 2.86. The molecule has 0 fully saturated rings. The molecule has 0 saturated carbocycles. The Labute approximate surface area is 138 Å². The van der Waals surface area contributed by atoms with Crippen LogP contribution in [-0.4, -0.2) is 42.8 Å². The van der Waals surface area contributed by atoms with Crippen molar-refractivity contribution in [2.24, 2.45) is 0 Å². The SMILES string of the molecule is COC(=O)CSCc1cc(C)c(O)c(CSCC(=O)OC)c1. The number of aromatic hydroxyl groups is 1. The molecule has 0 spiro atoms. The van der Waals surface area contributed by atoms with Crippen LogP contribution in [-0.2, 0) is 30.6 Å². The van der Waals surface area contributed by atoms with Gasteiger partial charge in [0.2, 0.25) is 0 Å². The van der Waals surface area contributed by atoms with Crippen LogP contribution in [0.25, 0.3) is 0 Å². The molecule has 0 heterocycles. The van der Waals surface area contributed by atoms with Crippen LogP contribution in [0, 0.1) is 6.92 Å². The van der Waals surface area contributed by atoms with Crippen molar-refractivity contribution in [2.45, 2.75) is 18.4 Å². The van der Waals surface area contributed by atoms with E-state index in [4.69, 9.17) is 0 Å². The van der Waals surface area contributed by atoms with Crippen LogP contribution >= 0.6 is 23.5 Å². The molecule has 0 atom stereocenters. The quantitative estimate of drug-likeness (QED) is 0.726. The van der Waals surface area contributed by atoms with Crippen molar-refractivity contribution < 1.29 is 24.2 Å². The van der Waals surface area contributed by atoms with Gasteiger partial charge in [-0.3, -0.25) is 9.59 Å². The third-order valence-corrected chi connectivity index (χ3v) is 4.79. The summed E-state index contributed by atoms with van der Waals surface area (Å²) in [5.74, 6) is 1.43. The predicted molar refractivity (Wildman–Crippen MR) is 89.2 cm³/mol. The van der Waals surface area contributed by atoms with Crippen molar-refractivity contribution in [3.63, 3.8) is 0 Å². The van der Waals surface area contributed by atoms with Gasteiger partial charge in [0, 0.05) is 17.1 Å². The van der Waals surface area contributed by atoms with Crippen molar-refractivity contribution >= 4 is 35.5 Å². The molecule has 5 nitrogen and oxygen atoms in total. The molecule has 1 aromatic carbocycles. The van der Waals surface area contributed by atoms with Gasteiger partial charge in [-0.2, -0.15) is 0 Å². The van der Waals surface area contributed by atoms with Gasteiger partial charge in [0.25, 0.3) is 0 Å². The van der Waals surface area contributed by atoms with E-state index in [0.717, 1.165) is 16.7 Å². The standard InChI is InChI=1S/C15H20O5S2/c1-10-4-11(6-21-8-13(16)19-2)5-12(15(10)18)7-22-9-14(17)20-3/h4-5,18H,6-9H2,1-3H3. The number of carbonyl (C=O) groups excluding carboxylic acids is 2. The molecule has 0 aromatic heterocycles. The number of benzene rings is 1. The van der Waals surface area contributed by atoms with E-state index in [0.29, 0.717) is 17.3 Å². The maximum atomic E-state index is 11.1. The Morgan fingerprint density at radius 2 is 1.59 bits per heavy atom. The average molecular weight is 344 g/mol. The topological polar surface area (TPSA) is 72.8 Å². The Morgan fingerprint density at radius 3 is 2.14 bits per heavy atom. The fourth-order valence-electron chi connectivity index (χ4n) is 1.74. The van der Waals surface area contributed by atoms with E-state index in [1.165, 1.54) is 37.7 Å². The Balaban J connectivity index is 2.64. The highest BCUT2D eigenvalue weighted by molar-refractivity contribution is 7.99. The normalized spacial score (nSPS) is 10.3. The lowest BCUT2D eigenvalue weighted by Gasteiger charge is -2.10. The summed E-state index contributed by atoms with van der Waals surface area (Å²) in [6.07, 6.45) is 0. The third kappa shape index (κ3) is 6.19. The first-order valence-electron chi connectivity index (χ1n) is 6.58. The van der Waals surface area contributed by atoms with Gasteiger partial charge in [-0.05, 0) is 18.1 Å². The number of aryl methyl sites for hydroxylation is 1. The molecule has 0 aliphatic rings. The molecule has 22 heavy (non-hydrogen) atoms. The lowest BCUT2D eigenvalue weighted by molar-refractivity contribution is -0.138. The number of hydrogen-bond donors (Lipinski definition) is 1. The monoisotopic (exact) mass is 344 g/mol. The molecule has 0 aliphatic carbocycles. The summed E-state index contributed by atoms with van der Waals surface area (Å²) in [5, 5.41) is 10.1. The maximum Gasteiger partial charge on any atom is 0.315 e. The van der Waals surface area contributed by atoms with Crippen molar-refractivity contribution in [2.75, 3.05) is 25.7 Å². The van der Waals surface area contributed by atoms with E-state index in [9.17, 15) is 14.7 Å². The largest absolute Gasteiger partial charge is 0.507 e. The zero-order chi connectivity index (χ0) is 16.5. The smallest absolute Gasteiger partial charge is 0.315 e. The summed E-state index contributed by atoms with van der Waals surface area (Å²) >= 11 is 2.85. The van der Waals surface area contributed by atoms with Crippen molar-refractivity contribution in [3.05, 3.63) is 28.8 Å². The fourth-order valence-corrected chi connectivity index (χ4v) is 3.36. The minimum absolute atomic E-state index is 0.246. The summed E-state index contributed by atoms with van der Waals surface area (Å²) in [4.78, 5) is 22.2. The van der Waals surface area contributed by atoms with Crippen LogP contribution in [0.15, 0.2) is 12.1 Å². The van der Waals surface area contributed by atoms with Crippen molar-refractivity contribution in [1.82, 2.24) is 0 Å². The Morgan fingerprint density at radius 1 is 1.05 bits per heavy atom. The first-order valence-corrected chi connectivity index (χ1v) is 8.89. The summed E-state index contributed by atoms with van der Waals surface area (Å²) in [5.41, 5.74) is 2.59. The number of hydrogen-bond acceptors (Lipinski definition) is 7. The maximum absolute atomic E-state index is 11.1. The second kappa shape index (κ2) is 9.63. The van der Waals surface area contributed by atoms with E-state index >= 15 is 0 Å². The molecule has 0 amide bonds. The number of thioether (sulfide) groups is 2. The minimum atomic E-state index is -0.286. The number of phenolic OH excluding ortho intramolecular Hbond substituents is 1. The molecule has 0 unspecified atom stereocenters. The Kier molecular flexibility index (Phi) is 8.19. The van der Waals surface area contributed by atoms with Crippen LogP contribution in [0.5, 0.6) is 5.75 Å². The summed E-state index contributed by atoms with van der Waals surface area (Å²) in [7, 11) is 2.72. The number of carbonyl (C=O) groups is 2. The van der Waals surface area contributed by atoms with Gasteiger partial charge >= 0.3 is 11.9 Å². The summed E-state index contributed by atoms with van der Waals surface area (Å²) in [6.45, 7) is 1.83. The van der Waals surface area contributed by atoms with Gasteiger partial charge in [0.15, 0.2) is 0 Å². The Bertz CT molecular complexity index is 531. The Hall–Kier alpha value is -1.34. The molecule has 0 aliphatic heterocycles. The highest BCUT2D eigenvalue weighted by Crippen LogP contribution is 2.29. The molecule has 1 N–H and O–H groups in total. The van der Waals surface area contributed by atoms with Crippen LogP contribution in [0.4, 0.5) is 0 Å². The summed E-state index contributed by atoms with van der Waals surface area (Å²) in [6, 6.07) is 3.80. The van der Waals surface area contributed by atoms with E-state index < -0.39 is 0 Å². The van der Waals surface area contributed by atoms with E-state index in [1.54, 1.807) is 0 Å². The van der Waals surface area contributed by atoms with Gasteiger partial charge in [0.05, 0.1) is 25.7 Å². The zero-order valence-corrected chi connectivity index (χ0v) is 14.5. The highest BCUT2D eigenvalue weighted by atomic mass is 32.2. The number of ether oxygens (including phenoxy) is 2. The van der Waals surface area contributed by atoms with Gasteiger partial charge in [-0.1, -0.05) is 12.1 Å². The molecule has 0 bridgehead atoms. The van der Waals surface area contributed by atoms with Crippen LogP contribution < -0.4 is 0 Å². The lowest BCUT2D eigenvalue weighted by atomic mass is 10.1. The minimum Gasteiger partial charge on any atom is -0.507 e. The average Bonchev–Trinajstić information content (AvgIpc) is 2.51. The molecule has 0 radical (unpaired) electrons. The molecule has 7 heteroatoms. The molecule has 1 rings (SSSR count). The number of methoxy groups -OCH3 is 2. The first-order chi connectivity index (χ1) is 10.5. The zero-order valence-electron chi connectivity index (χ0n) is 12.9. The van der Waals surface area contributed by atoms with E-state index in [2.05, 4.69) is 9.47 Å². The molecule has 1 aromatic rings. The molecule has 122 valence electrons. The second-order valence-corrected chi connectivity index (χ2v) is 6.53. The molecule has 0 saturated heterocycles. The predicted octanol–water partition coefficient (Wildman–Crippen LogP) is 2.51. The lowest BCUT2D eigenvalue weighted by Crippen LogP contribution is -2.04. The van der Waals surface area contributed by atoms with Gasteiger partial charge in [0.1, 0.15) is 5.75 Å². The van der Waals surface area contributed by atoms with Crippen LogP contribution in [0.1, 0.15) is 16.7 Å². The van der Waals surface area contributed by atoms with Gasteiger partial charge in [-0.25, -0.2) is 0 Å². The first kappa shape index (κ1) is 18.7. The molecular weight excluding hydrogens is 324 g/mol. The highest BCUT2D eigenvalue weighted by Gasteiger charge is 2.10. The number of esters is 2. The second-order valence-electron chi connectivity index (χ2n) is 4.56. The number of phenols is 1. The van der Waals surface area contributed by atoms with Crippen LogP contribution in [0.3, 0.4) is 0 Å². The fraction of sp³-hybridized carbons (Fsp3) is 0.467. The molecular formula is C15H20O5S2. The number of rotatable bonds is 8. The van der Waals surface area contributed by atoms with Gasteiger partial charge in [-0.15, -0.1) is 23.5 Å².